The third-order valence-corrected chi connectivity index (χ3v) is 5.22. The van der Waals surface area contributed by atoms with Gasteiger partial charge in [-0.2, -0.15) is 0 Å². The number of anilines is 2. The number of methoxy groups -OCH3 is 1. The third-order valence-electron chi connectivity index (χ3n) is 5.22. The van der Waals surface area contributed by atoms with Crippen LogP contribution in [-0.2, 0) is 9.59 Å². The maximum atomic E-state index is 12.8. The summed E-state index contributed by atoms with van der Waals surface area (Å²) in [7, 11) is 1.59. The first-order chi connectivity index (χ1) is 13.0. The fourth-order valence-corrected chi connectivity index (χ4v) is 3.41. The van der Waals surface area contributed by atoms with E-state index in [0.717, 1.165) is 23.4 Å². The molecule has 2 atom stereocenters. The molecule has 1 saturated heterocycles. The Bertz CT molecular complexity index is 834. The van der Waals surface area contributed by atoms with Crippen LogP contribution in [0.4, 0.5) is 11.4 Å². The summed E-state index contributed by atoms with van der Waals surface area (Å²) in [4.78, 5) is 26.9. The van der Waals surface area contributed by atoms with E-state index in [9.17, 15) is 9.59 Å². The molecule has 2 aromatic carbocycles. The van der Waals surface area contributed by atoms with Gasteiger partial charge in [0.15, 0.2) is 0 Å². The summed E-state index contributed by atoms with van der Waals surface area (Å²) in [6.07, 6.45) is 1.22. The van der Waals surface area contributed by atoms with Crippen LogP contribution < -0.4 is 15.0 Å². The summed E-state index contributed by atoms with van der Waals surface area (Å²) in [6, 6.07) is 15.2. The summed E-state index contributed by atoms with van der Waals surface area (Å²) in [6.45, 7) is 4.66. The van der Waals surface area contributed by atoms with Gasteiger partial charge in [0.2, 0.25) is 11.8 Å². The maximum absolute atomic E-state index is 12.8. The summed E-state index contributed by atoms with van der Waals surface area (Å²) in [5.74, 6) is 0.535. The van der Waals surface area contributed by atoms with Gasteiger partial charge in [-0.25, -0.2) is 0 Å². The molecule has 1 aliphatic heterocycles. The summed E-state index contributed by atoms with van der Waals surface area (Å²) >= 11 is 0. The van der Waals surface area contributed by atoms with Crippen LogP contribution in [0.5, 0.6) is 5.75 Å². The zero-order valence-electron chi connectivity index (χ0n) is 16.1. The molecule has 27 heavy (non-hydrogen) atoms. The number of nitrogens with zero attached hydrogens (tertiary/aromatic N) is 1. The molecule has 0 bridgehead atoms. The minimum absolute atomic E-state index is 0.0429. The van der Waals surface area contributed by atoms with Crippen LogP contribution in [0.15, 0.2) is 48.5 Å². The molecule has 5 nitrogen and oxygen atoms in total. The lowest BCUT2D eigenvalue weighted by atomic mass is 9.96. The van der Waals surface area contributed by atoms with E-state index in [1.807, 2.05) is 48.5 Å². The number of hydrogen-bond acceptors (Lipinski definition) is 3. The second-order valence-electron chi connectivity index (χ2n) is 6.99. The van der Waals surface area contributed by atoms with E-state index >= 15 is 0 Å². The first-order valence-corrected chi connectivity index (χ1v) is 9.37. The van der Waals surface area contributed by atoms with E-state index in [-0.39, 0.29) is 24.2 Å². The number of rotatable bonds is 6. The molecule has 0 aromatic heterocycles. The molecular formula is C22H26N2O3. The van der Waals surface area contributed by atoms with Gasteiger partial charge < -0.3 is 15.0 Å². The number of hydrogen-bond donors (Lipinski definition) is 1. The number of para-hydroxylation sites is 1. The standard InChI is InChI=1S/C22H26N2O3/c1-4-15(2)19-10-5-6-11-20(19)23-22(26)16-12-21(25)24(14-16)17-8-7-9-18(13-17)27-3/h5-11,13,15-16H,4,12,14H2,1-3H3,(H,23,26)/t15-,16-/m0/s1. The highest BCUT2D eigenvalue weighted by molar-refractivity contribution is 6.03. The number of ether oxygens (including phenoxy) is 1. The van der Waals surface area contributed by atoms with Crippen molar-refractivity contribution in [3.05, 3.63) is 54.1 Å². The molecule has 1 heterocycles. The Hall–Kier alpha value is -2.82. The van der Waals surface area contributed by atoms with E-state index in [1.54, 1.807) is 12.0 Å². The lowest BCUT2D eigenvalue weighted by Crippen LogP contribution is -2.28. The number of carbonyl (C=O) groups excluding carboxylic acids is 2. The van der Waals surface area contributed by atoms with Gasteiger partial charge in [-0.1, -0.05) is 38.1 Å². The maximum Gasteiger partial charge on any atom is 0.229 e. The smallest absolute Gasteiger partial charge is 0.229 e. The quantitative estimate of drug-likeness (QED) is 0.833. The van der Waals surface area contributed by atoms with Gasteiger partial charge in [0.25, 0.3) is 0 Å². The number of amides is 2. The van der Waals surface area contributed by atoms with Crippen molar-refractivity contribution >= 4 is 23.2 Å². The highest BCUT2D eigenvalue weighted by atomic mass is 16.5. The van der Waals surface area contributed by atoms with Crippen molar-refractivity contribution in [2.24, 2.45) is 5.92 Å². The highest BCUT2D eigenvalue weighted by Gasteiger charge is 2.35. The molecular weight excluding hydrogens is 340 g/mol. The summed E-state index contributed by atoms with van der Waals surface area (Å²) in [5.41, 5.74) is 2.72. The number of nitrogens with one attached hydrogen (secondary N) is 1. The fourth-order valence-electron chi connectivity index (χ4n) is 3.41. The fraction of sp³-hybridized carbons (Fsp3) is 0.364. The van der Waals surface area contributed by atoms with Gasteiger partial charge in [-0.3, -0.25) is 9.59 Å². The molecule has 0 radical (unpaired) electrons. The average molecular weight is 366 g/mol. The molecule has 142 valence electrons. The molecule has 0 spiro atoms. The molecule has 0 aliphatic carbocycles. The Morgan fingerprint density at radius 3 is 2.78 bits per heavy atom. The monoisotopic (exact) mass is 366 g/mol. The van der Waals surface area contributed by atoms with Gasteiger partial charge >= 0.3 is 0 Å². The number of carbonyl (C=O) groups is 2. The lowest BCUT2D eigenvalue weighted by Gasteiger charge is -2.19. The predicted molar refractivity (Wildman–Crippen MR) is 107 cm³/mol. The molecule has 1 N–H and O–H groups in total. The molecule has 1 fully saturated rings. The van der Waals surface area contributed by atoms with E-state index in [4.69, 9.17) is 4.74 Å². The van der Waals surface area contributed by atoms with Gasteiger partial charge in [0, 0.05) is 30.4 Å². The molecule has 2 amide bonds. The average Bonchev–Trinajstić information content (AvgIpc) is 3.09. The first-order valence-electron chi connectivity index (χ1n) is 9.37. The molecule has 3 rings (SSSR count). The van der Waals surface area contributed by atoms with E-state index in [2.05, 4.69) is 19.2 Å². The number of benzene rings is 2. The molecule has 5 heteroatoms. The van der Waals surface area contributed by atoms with Crippen molar-refractivity contribution < 1.29 is 14.3 Å². The predicted octanol–water partition coefficient (Wildman–Crippen LogP) is 4.20. The second-order valence-corrected chi connectivity index (χ2v) is 6.99. The van der Waals surface area contributed by atoms with E-state index < -0.39 is 0 Å². The Morgan fingerprint density at radius 2 is 2.04 bits per heavy atom. The van der Waals surface area contributed by atoms with Gasteiger partial charge in [0.1, 0.15) is 5.75 Å². The van der Waals surface area contributed by atoms with Gasteiger partial charge in [-0.05, 0) is 36.1 Å². The van der Waals surface area contributed by atoms with Crippen molar-refractivity contribution in [1.82, 2.24) is 0 Å². The zero-order valence-corrected chi connectivity index (χ0v) is 16.1. The van der Waals surface area contributed by atoms with E-state index in [0.29, 0.717) is 18.2 Å². The SMILES string of the molecule is CC[C@H](C)c1ccccc1NC(=O)[C@H]1CC(=O)N(c2cccc(OC)c2)C1. The van der Waals surface area contributed by atoms with Gasteiger partial charge in [-0.15, -0.1) is 0 Å². The largest absolute Gasteiger partial charge is 0.497 e. The van der Waals surface area contributed by atoms with Crippen LogP contribution in [0.25, 0.3) is 0 Å². The Kier molecular flexibility index (Phi) is 5.79. The zero-order chi connectivity index (χ0) is 19.4. The Balaban J connectivity index is 1.73. The van der Waals surface area contributed by atoms with Crippen LogP contribution in [0.2, 0.25) is 0 Å². The second kappa shape index (κ2) is 8.25. The highest BCUT2D eigenvalue weighted by Crippen LogP contribution is 2.30. The molecule has 0 saturated carbocycles. The summed E-state index contributed by atoms with van der Waals surface area (Å²) in [5, 5.41) is 3.04. The van der Waals surface area contributed by atoms with Crippen molar-refractivity contribution in [1.29, 1.82) is 0 Å². The van der Waals surface area contributed by atoms with E-state index in [1.165, 1.54) is 0 Å². The Labute approximate surface area is 160 Å². The normalized spacial score (nSPS) is 17.7. The van der Waals surface area contributed by atoms with Crippen LogP contribution in [0, 0.1) is 5.92 Å². The van der Waals surface area contributed by atoms with Crippen LogP contribution in [-0.4, -0.2) is 25.5 Å². The third kappa shape index (κ3) is 4.13. The van der Waals surface area contributed by atoms with Crippen LogP contribution in [0.3, 0.4) is 0 Å². The van der Waals surface area contributed by atoms with Gasteiger partial charge in [0.05, 0.1) is 13.0 Å². The molecule has 1 aliphatic rings. The van der Waals surface area contributed by atoms with Crippen molar-refractivity contribution in [2.45, 2.75) is 32.6 Å². The van der Waals surface area contributed by atoms with Crippen molar-refractivity contribution in [3.63, 3.8) is 0 Å². The molecule has 2 aromatic rings. The molecule has 0 unspecified atom stereocenters. The minimum Gasteiger partial charge on any atom is -0.497 e. The van der Waals surface area contributed by atoms with Crippen molar-refractivity contribution in [3.8, 4) is 5.75 Å². The van der Waals surface area contributed by atoms with Crippen LogP contribution >= 0.6 is 0 Å². The minimum atomic E-state index is -0.367. The first kappa shape index (κ1) is 19.0. The Morgan fingerprint density at radius 1 is 1.26 bits per heavy atom. The summed E-state index contributed by atoms with van der Waals surface area (Å²) < 4.78 is 5.23. The lowest BCUT2D eigenvalue weighted by molar-refractivity contribution is -0.122. The van der Waals surface area contributed by atoms with Crippen LogP contribution in [0.1, 0.15) is 38.2 Å². The van der Waals surface area contributed by atoms with Crippen molar-refractivity contribution in [2.75, 3.05) is 23.9 Å². The topological polar surface area (TPSA) is 58.6 Å².